The zero-order chi connectivity index (χ0) is 13.2. The van der Waals surface area contributed by atoms with E-state index in [1.165, 1.54) is 6.92 Å². The highest BCUT2D eigenvalue weighted by Crippen LogP contribution is 2.25. The average Bonchev–Trinajstić information content (AvgIpc) is 2.23. The molecule has 0 fully saturated rings. The second-order valence-corrected chi connectivity index (χ2v) is 5.90. The minimum atomic E-state index is -4.11. The highest BCUT2D eigenvalue weighted by molar-refractivity contribution is 9.10. The van der Waals surface area contributed by atoms with Gasteiger partial charge >= 0.3 is 0 Å². The van der Waals surface area contributed by atoms with E-state index in [0.717, 1.165) is 12.1 Å². The maximum atomic E-state index is 13.5. The number of rotatable bonds is 4. The van der Waals surface area contributed by atoms with Crippen molar-refractivity contribution < 1.29 is 22.3 Å². The third-order valence-corrected chi connectivity index (χ3v) is 4.03. The molecule has 17 heavy (non-hydrogen) atoms. The molecule has 0 aliphatic carbocycles. The molecule has 0 amide bonds. The third kappa shape index (κ3) is 3.44. The van der Waals surface area contributed by atoms with Gasteiger partial charge in [0.25, 0.3) is 0 Å². The first-order chi connectivity index (χ1) is 7.75. The Morgan fingerprint density at radius 1 is 1.47 bits per heavy atom. The van der Waals surface area contributed by atoms with Crippen LogP contribution in [0.1, 0.15) is 6.92 Å². The number of nitrogens with one attached hydrogen (secondary N) is 1. The van der Waals surface area contributed by atoms with Gasteiger partial charge in [-0.3, -0.25) is 0 Å². The van der Waals surface area contributed by atoms with Gasteiger partial charge < -0.3 is 5.11 Å². The Balaban J connectivity index is 3.12. The lowest BCUT2D eigenvalue weighted by Gasteiger charge is -2.10. The van der Waals surface area contributed by atoms with Crippen molar-refractivity contribution in [2.45, 2.75) is 17.9 Å². The maximum absolute atomic E-state index is 13.5. The molecule has 0 aliphatic rings. The fraction of sp³-hybridized carbons (Fsp3) is 0.333. The second kappa shape index (κ2) is 5.38. The first kappa shape index (κ1) is 14.5. The van der Waals surface area contributed by atoms with Gasteiger partial charge in [0.2, 0.25) is 10.0 Å². The van der Waals surface area contributed by atoms with Crippen LogP contribution in [0, 0.1) is 11.6 Å². The second-order valence-electron chi connectivity index (χ2n) is 3.37. The van der Waals surface area contributed by atoms with Crippen LogP contribution in [-0.2, 0) is 10.0 Å². The molecule has 8 heteroatoms. The van der Waals surface area contributed by atoms with E-state index in [4.69, 9.17) is 5.11 Å². The fourth-order valence-electron chi connectivity index (χ4n) is 1.02. The summed E-state index contributed by atoms with van der Waals surface area (Å²) < 4.78 is 51.1. The van der Waals surface area contributed by atoms with Crippen LogP contribution in [0.15, 0.2) is 21.5 Å². The van der Waals surface area contributed by atoms with Crippen molar-refractivity contribution in [2.24, 2.45) is 0 Å². The van der Waals surface area contributed by atoms with Crippen molar-refractivity contribution in [3.8, 4) is 0 Å². The van der Waals surface area contributed by atoms with Crippen LogP contribution >= 0.6 is 15.9 Å². The van der Waals surface area contributed by atoms with E-state index in [2.05, 4.69) is 15.9 Å². The monoisotopic (exact) mass is 329 g/mol. The quantitative estimate of drug-likeness (QED) is 0.820. The molecule has 4 nitrogen and oxygen atoms in total. The third-order valence-electron chi connectivity index (χ3n) is 1.86. The standard InChI is InChI=1S/C9H10BrF2NO3S/c1-5(14)4-13-17(15,16)7-3-2-6(11)8(10)9(7)12/h2-3,5,13-14H,4H2,1H3/t5-/m1/s1. The van der Waals surface area contributed by atoms with Crippen molar-refractivity contribution >= 4 is 26.0 Å². The summed E-state index contributed by atoms with van der Waals surface area (Å²) in [5, 5.41) is 8.94. The van der Waals surface area contributed by atoms with E-state index in [1.54, 1.807) is 0 Å². The summed E-state index contributed by atoms with van der Waals surface area (Å²) in [5.74, 6) is -2.10. The zero-order valence-electron chi connectivity index (χ0n) is 8.75. The van der Waals surface area contributed by atoms with E-state index in [1.807, 2.05) is 4.72 Å². The van der Waals surface area contributed by atoms with Crippen molar-refractivity contribution in [2.75, 3.05) is 6.54 Å². The molecule has 0 radical (unpaired) electrons. The molecular weight excluding hydrogens is 320 g/mol. The van der Waals surface area contributed by atoms with Gasteiger partial charge in [-0.1, -0.05) is 0 Å². The molecule has 96 valence electrons. The predicted octanol–water partition coefficient (Wildman–Crippen LogP) is 1.39. The Hall–Kier alpha value is -0.570. The largest absolute Gasteiger partial charge is 0.392 e. The Morgan fingerprint density at radius 3 is 2.59 bits per heavy atom. The molecule has 0 unspecified atom stereocenters. The molecule has 0 aromatic heterocycles. The SMILES string of the molecule is C[C@@H](O)CNS(=O)(=O)c1ccc(F)c(Br)c1F. The number of hydrogen-bond donors (Lipinski definition) is 2. The highest BCUT2D eigenvalue weighted by atomic mass is 79.9. The van der Waals surface area contributed by atoms with Crippen molar-refractivity contribution in [3.05, 3.63) is 28.2 Å². The van der Waals surface area contributed by atoms with Gasteiger partial charge in [-0.15, -0.1) is 0 Å². The van der Waals surface area contributed by atoms with E-state index in [9.17, 15) is 17.2 Å². The smallest absolute Gasteiger partial charge is 0.243 e. The topological polar surface area (TPSA) is 66.4 Å². The van der Waals surface area contributed by atoms with Gasteiger partial charge in [0.1, 0.15) is 10.7 Å². The van der Waals surface area contributed by atoms with E-state index >= 15 is 0 Å². The number of hydrogen-bond acceptors (Lipinski definition) is 3. The molecule has 0 heterocycles. The van der Waals surface area contributed by atoms with Gasteiger partial charge in [0.15, 0.2) is 5.82 Å². The van der Waals surface area contributed by atoms with E-state index < -0.39 is 37.1 Å². The summed E-state index contributed by atoms with van der Waals surface area (Å²) in [6, 6.07) is 1.66. The lowest BCUT2D eigenvalue weighted by Crippen LogP contribution is -2.31. The zero-order valence-corrected chi connectivity index (χ0v) is 11.1. The highest BCUT2D eigenvalue weighted by Gasteiger charge is 2.22. The molecule has 1 atom stereocenters. The predicted molar refractivity (Wildman–Crippen MR) is 60.9 cm³/mol. The van der Waals surface area contributed by atoms with Gasteiger partial charge in [-0.25, -0.2) is 21.9 Å². The summed E-state index contributed by atoms with van der Waals surface area (Å²) in [4.78, 5) is -0.675. The number of sulfonamides is 1. The van der Waals surface area contributed by atoms with Gasteiger partial charge in [0.05, 0.1) is 10.6 Å². The first-order valence-corrected chi connectivity index (χ1v) is 6.84. The Kier molecular flexibility index (Phi) is 4.59. The van der Waals surface area contributed by atoms with Crippen LogP contribution in [0.2, 0.25) is 0 Å². The van der Waals surface area contributed by atoms with Crippen LogP contribution in [0.25, 0.3) is 0 Å². The summed E-state index contributed by atoms with van der Waals surface area (Å²) in [5.41, 5.74) is 0. The lowest BCUT2D eigenvalue weighted by molar-refractivity contribution is 0.198. The van der Waals surface area contributed by atoms with E-state index in [-0.39, 0.29) is 6.54 Å². The Labute approximate surface area is 106 Å². The van der Waals surface area contributed by atoms with Crippen LogP contribution in [0.4, 0.5) is 8.78 Å². The molecule has 0 bridgehead atoms. The molecule has 1 aromatic rings. The number of benzene rings is 1. The van der Waals surface area contributed by atoms with Gasteiger partial charge in [-0.05, 0) is 35.0 Å². The van der Waals surface area contributed by atoms with Crippen LogP contribution < -0.4 is 4.72 Å². The summed E-state index contributed by atoms with van der Waals surface area (Å²) in [6.07, 6.45) is -0.906. The molecule has 0 spiro atoms. The first-order valence-electron chi connectivity index (χ1n) is 4.57. The van der Waals surface area contributed by atoms with Crippen LogP contribution in [0.3, 0.4) is 0 Å². The molecule has 2 N–H and O–H groups in total. The molecular formula is C9H10BrF2NO3S. The minimum absolute atomic E-state index is 0.253. The van der Waals surface area contributed by atoms with Gasteiger partial charge in [-0.2, -0.15) is 0 Å². The number of halogens is 3. The normalized spacial score (nSPS) is 13.7. The summed E-state index contributed by atoms with van der Waals surface area (Å²) in [7, 11) is -4.11. The molecule has 1 aromatic carbocycles. The van der Waals surface area contributed by atoms with Crippen LogP contribution in [-0.4, -0.2) is 26.2 Å². The number of aliphatic hydroxyl groups excluding tert-OH is 1. The molecule has 0 saturated heterocycles. The summed E-state index contributed by atoms with van der Waals surface area (Å²) in [6.45, 7) is 1.12. The maximum Gasteiger partial charge on any atom is 0.243 e. The van der Waals surface area contributed by atoms with E-state index in [0.29, 0.717) is 0 Å². The van der Waals surface area contributed by atoms with Crippen molar-refractivity contribution in [1.29, 1.82) is 0 Å². The molecule has 1 rings (SSSR count). The molecule has 0 aliphatic heterocycles. The summed E-state index contributed by atoms with van der Waals surface area (Å²) >= 11 is 2.61. The lowest BCUT2D eigenvalue weighted by atomic mass is 10.3. The van der Waals surface area contributed by atoms with Crippen LogP contribution in [0.5, 0.6) is 0 Å². The Bertz CT molecular complexity index is 519. The van der Waals surface area contributed by atoms with Crippen molar-refractivity contribution in [1.82, 2.24) is 4.72 Å². The fourth-order valence-corrected chi connectivity index (χ4v) is 2.70. The number of aliphatic hydroxyl groups is 1. The van der Waals surface area contributed by atoms with Crippen molar-refractivity contribution in [3.63, 3.8) is 0 Å². The Morgan fingerprint density at radius 2 is 2.06 bits per heavy atom. The van der Waals surface area contributed by atoms with Gasteiger partial charge in [0, 0.05) is 6.54 Å². The average molecular weight is 330 g/mol. The minimum Gasteiger partial charge on any atom is -0.392 e. The molecule has 0 saturated carbocycles.